The number of hydrogen-bond acceptors (Lipinski definition) is 0. The van der Waals surface area contributed by atoms with Crippen molar-refractivity contribution >= 4 is 15.9 Å². The van der Waals surface area contributed by atoms with Gasteiger partial charge in [0.2, 0.25) is 0 Å². The van der Waals surface area contributed by atoms with Crippen LogP contribution in [0.5, 0.6) is 0 Å². The van der Waals surface area contributed by atoms with Crippen LogP contribution < -0.4 is 0 Å². The molecule has 0 aliphatic rings. The van der Waals surface area contributed by atoms with Crippen molar-refractivity contribution in [3.05, 3.63) is 46.5 Å². The van der Waals surface area contributed by atoms with Crippen LogP contribution in [0.3, 0.4) is 0 Å². The van der Waals surface area contributed by atoms with Crippen molar-refractivity contribution in [1.82, 2.24) is 0 Å². The lowest BCUT2D eigenvalue weighted by Crippen LogP contribution is -1.81. The third-order valence-corrected chi connectivity index (χ3v) is 2.32. The van der Waals surface area contributed by atoms with Gasteiger partial charge in [0.05, 0.1) is 0 Å². The summed E-state index contributed by atoms with van der Waals surface area (Å²) in [5, 5.41) is 0. The molecule has 0 aliphatic carbocycles. The Morgan fingerprint density at radius 1 is 1.50 bits per heavy atom. The van der Waals surface area contributed by atoms with Crippen molar-refractivity contribution in [2.45, 2.75) is 6.92 Å². The highest BCUT2D eigenvalue weighted by Gasteiger charge is 1.95. The van der Waals surface area contributed by atoms with Gasteiger partial charge >= 0.3 is 0 Å². The maximum Gasteiger partial charge on any atom is 0.0210 e. The average Bonchev–Trinajstić information content (AvgIpc) is 1.95. The minimum Gasteiger partial charge on any atom is -0.0905 e. The maximum atomic E-state index is 3.59. The van der Waals surface area contributed by atoms with Gasteiger partial charge in [0.15, 0.2) is 0 Å². The van der Waals surface area contributed by atoms with E-state index in [-0.39, 0.29) is 0 Å². The van der Waals surface area contributed by atoms with Crippen LogP contribution in [0.25, 0.3) is 0 Å². The first-order valence-corrected chi connectivity index (χ1v) is 3.83. The Morgan fingerprint density at radius 3 is 2.70 bits per heavy atom. The summed E-state index contributed by atoms with van der Waals surface area (Å²) in [6, 6.07) is 5.98. The highest BCUT2D eigenvalue weighted by Crippen LogP contribution is 2.18. The molecule has 0 aromatic heterocycles. The topological polar surface area (TPSA) is 0 Å². The van der Waals surface area contributed by atoms with Gasteiger partial charge in [0.1, 0.15) is 0 Å². The van der Waals surface area contributed by atoms with E-state index in [9.17, 15) is 0 Å². The maximum absolute atomic E-state index is 3.59. The molecule has 0 amide bonds. The Balaban J connectivity index is 3.27. The molecule has 10 heavy (non-hydrogen) atoms. The van der Waals surface area contributed by atoms with E-state index in [1.54, 1.807) is 0 Å². The normalized spacial score (nSPS) is 9.40. The fourth-order valence-electron chi connectivity index (χ4n) is 0.799. The van der Waals surface area contributed by atoms with Gasteiger partial charge in [-0.3, -0.25) is 0 Å². The van der Waals surface area contributed by atoms with E-state index < -0.39 is 0 Å². The molecule has 0 atom stereocenters. The molecule has 0 nitrogen and oxygen atoms in total. The summed E-state index contributed by atoms with van der Waals surface area (Å²) in [6.07, 6.45) is 2.86. The van der Waals surface area contributed by atoms with Crippen molar-refractivity contribution in [2.75, 3.05) is 0 Å². The van der Waals surface area contributed by atoms with Crippen LogP contribution in [0, 0.1) is 13.0 Å². The second kappa shape index (κ2) is 3.02. The molecule has 1 aromatic rings. The lowest BCUT2D eigenvalue weighted by atomic mass is 10.1. The molecule has 0 unspecified atom stereocenters. The van der Waals surface area contributed by atoms with Crippen LogP contribution in [0.2, 0.25) is 0 Å². The highest BCUT2D eigenvalue weighted by molar-refractivity contribution is 9.10. The first kappa shape index (κ1) is 7.55. The van der Waals surface area contributed by atoms with Gasteiger partial charge in [-0.05, 0) is 30.2 Å². The molecule has 0 heterocycles. The van der Waals surface area contributed by atoms with Crippen molar-refractivity contribution in [2.24, 2.45) is 0 Å². The van der Waals surface area contributed by atoms with E-state index in [1.165, 1.54) is 5.56 Å². The molecular formula is C9H8Br. The van der Waals surface area contributed by atoms with Crippen LogP contribution in [0.1, 0.15) is 11.1 Å². The summed E-state index contributed by atoms with van der Waals surface area (Å²) in [4.78, 5) is 0. The van der Waals surface area contributed by atoms with Crippen LogP contribution in [-0.2, 0) is 0 Å². The largest absolute Gasteiger partial charge is 0.0905 e. The van der Waals surface area contributed by atoms with Crippen molar-refractivity contribution in [3.63, 3.8) is 0 Å². The monoisotopic (exact) mass is 195 g/mol. The van der Waals surface area contributed by atoms with E-state index in [0.717, 1.165) is 10.0 Å². The van der Waals surface area contributed by atoms with Crippen LogP contribution in [0.15, 0.2) is 29.3 Å². The van der Waals surface area contributed by atoms with Crippen LogP contribution in [0.4, 0.5) is 0 Å². The van der Waals surface area contributed by atoms with Gasteiger partial charge in [-0.15, -0.1) is 0 Å². The lowest BCUT2D eigenvalue weighted by Gasteiger charge is -1.99. The molecule has 51 valence electrons. The van der Waals surface area contributed by atoms with Crippen molar-refractivity contribution in [3.8, 4) is 0 Å². The molecule has 1 heteroatoms. The standard InChI is InChI=1S/C9H8Br/c1-3-8-5-4-6-9(10)7(8)2/h4-6H,1H2,2H3. The summed E-state index contributed by atoms with van der Waals surface area (Å²) >= 11 is 3.42. The summed E-state index contributed by atoms with van der Waals surface area (Å²) in [5.74, 6) is 0. The zero-order valence-electron chi connectivity index (χ0n) is 5.82. The van der Waals surface area contributed by atoms with Crippen LogP contribution in [-0.4, -0.2) is 0 Å². The number of hydrogen-bond donors (Lipinski definition) is 0. The number of halogens is 1. The van der Waals surface area contributed by atoms with Crippen molar-refractivity contribution < 1.29 is 0 Å². The first-order valence-electron chi connectivity index (χ1n) is 3.04. The Hall–Kier alpha value is -0.560. The molecule has 1 radical (unpaired) electrons. The van der Waals surface area contributed by atoms with E-state index in [4.69, 9.17) is 0 Å². The van der Waals surface area contributed by atoms with E-state index in [0.29, 0.717) is 0 Å². The molecular weight excluding hydrogens is 188 g/mol. The second-order valence-corrected chi connectivity index (χ2v) is 2.94. The SMILES string of the molecule is C=[C]c1cccc(Br)c1C. The third kappa shape index (κ3) is 1.29. The average molecular weight is 196 g/mol. The van der Waals surface area contributed by atoms with Gasteiger partial charge in [-0.2, -0.15) is 0 Å². The van der Waals surface area contributed by atoms with Gasteiger partial charge < -0.3 is 0 Å². The molecule has 0 saturated carbocycles. The molecule has 0 fully saturated rings. The quantitative estimate of drug-likeness (QED) is 0.647. The van der Waals surface area contributed by atoms with E-state index in [2.05, 4.69) is 28.6 Å². The van der Waals surface area contributed by atoms with Gasteiger partial charge in [0.25, 0.3) is 0 Å². The van der Waals surface area contributed by atoms with Crippen molar-refractivity contribution in [1.29, 1.82) is 0 Å². The predicted molar refractivity (Wildman–Crippen MR) is 46.9 cm³/mol. The molecule has 1 rings (SSSR count). The second-order valence-electron chi connectivity index (χ2n) is 2.09. The molecule has 0 aliphatic heterocycles. The Bertz CT molecular complexity index is 251. The summed E-state index contributed by atoms with van der Waals surface area (Å²) in [5.41, 5.74) is 2.26. The van der Waals surface area contributed by atoms with Gasteiger partial charge in [0, 0.05) is 4.47 Å². The Kier molecular flexibility index (Phi) is 2.28. The number of benzene rings is 1. The first-order chi connectivity index (χ1) is 4.75. The van der Waals surface area contributed by atoms with Gasteiger partial charge in [-0.1, -0.05) is 34.6 Å². The summed E-state index contributed by atoms with van der Waals surface area (Å²) in [6.45, 7) is 5.63. The molecule has 0 spiro atoms. The molecule has 0 saturated heterocycles. The lowest BCUT2D eigenvalue weighted by molar-refractivity contribution is 1.37. The predicted octanol–water partition coefficient (Wildman–Crippen LogP) is 3.09. The summed E-state index contributed by atoms with van der Waals surface area (Å²) < 4.78 is 1.11. The zero-order valence-corrected chi connectivity index (χ0v) is 7.40. The fourth-order valence-corrected chi connectivity index (χ4v) is 1.17. The minimum absolute atomic E-state index is 1.06. The fraction of sp³-hybridized carbons (Fsp3) is 0.111. The minimum atomic E-state index is 1.06. The Morgan fingerprint density at radius 2 is 2.20 bits per heavy atom. The zero-order chi connectivity index (χ0) is 7.56. The highest BCUT2D eigenvalue weighted by atomic mass is 79.9. The molecule has 0 bridgehead atoms. The third-order valence-electron chi connectivity index (χ3n) is 1.46. The number of rotatable bonds is 1. The Labute approximate surface area is 69.7 Å². The van der Waals surface area contributed by atoms with E-state index >= 15 is 0 Å². The smallest absolute Gasteiger partial charge is 0.0210 e. The molecule has 0 N–H and O–H groups in total. The van der Waals surface area contributed by atoms with Crippen LogP contribution >= 0.6 is 15.9 Å². The molecule has 1 aromatic carbocycles. The summed E-state index contributed by atoms with van der Waals surface area (Å²) in [7, 11) is 0. The van der Waals surface area contributed by atoms with Gasteiger partial charge in [-0.25, -0.2) is 0 Å². The van der Waals surface area contributed by atoms with E-state index in [1.807, 2.05) is 25.1 Å².